The standard InChI is InChI=1S/C14H21FN4O2/c1-20-12-2-4-19(5-3-12)14-17-8-13(9-18-14)21-10-11(6-15)7-16/h6,8-9,12H,2-5,7,10,16H2,1H3/p+1/b11-6+. The molecule has 0 saturated carbocycles. The Labute approximate surface area is 123 Å². The normalized spacial score (nSPS) is 17.1. The average Bonchev–Trinajstić information content (AvgIpc) is 2.56. The molecule has 21 heavy (non-hydrogen) atoms. The molecular formula is C14H22FN4O2+. The van der Waals surface area contributed by atoms with Gasteiger partial charge in [0.15, 0.2) is 5.75 Å². The molecule has 3 N–H and O–H groups in total. The number of anilines is 1. The molecule has 1 fully saturated rings. The Morgan fingerprint density at radius 3 is 2.62 bits per heavy atom. The Hall–Kier alpha value is -1.73. The lowest BCUT2D eigenvalue weighted by Gasteiger charge is -2.31. The van der Waals surface area contributed by atoms with E-state index in [2.05, 4.69) is 20.6 Å². The minimum absolute atomic E-state index is 0.169. The molecule has 6 nitrogen and oxygen atoms in total. The molecular weight excluding hydrogens is 275 g/mol. The fourth-order valence-electron chi connectivity index (χ4n) is 2.17. The van der Waals surface area contributed by atoms with Gasteiger partial charge in [-0.1, -0.05) is 0 Å². The highest BCUT2D eigenvalue weighted by molar-refractivity contribution is 5.32. The van der Waals surface area contributed by atoms with Gasteiger partial charge in [0.1, 0.15) is 13.2 Å². The number of rotatable bonds is 6. The zero-order valence-electron chi connectivity index (χ0n) is 12.3. The Kier molecular flexibility index (Phi) is 5.89. The number of ether oxygens (including phenoxy) is 2. The highest BCUT2D eigenvalue weighted by atomic mass is 19.1. The Bertz CT molecular complexity index is 459. The van der Waals surface area contributed by atoms with Crippen LogP contribution in [0.4, 0.5) is 10.3 Å². The first-order valence-electron chi connectivity index (χ1n) is 7.06. The highest BCUT2D eigenvalue weighted by Crippen LogP contribution is 2.19. The SMILES string of the molecule is COC1CCN(c2ncc(OC/C(=C/F)C[NH3+])cn2)CC1. The van der Waals surface area contributed by atoms with Crippen molar-refractivity contribution >= 4 is 5.95 Å². The van der Waals surface area contributed by atoms with E-state index >= 15 is 0 Å². The molecule has 0 radical (unpaired) electrons. The van der Waals surface area contributed by atoms with Crippen LogP contribution in [0.5, 0.6) is 5.75 Å². The molecule has 2 heterocycles. The Morgan fingerprint density at radius 2 is 2.10 bits per heavy atom. The molecule has 7 heteroatoms. The van der Waals surface area contributed by atoms with E-state index in [0.29, 0.717) is 36.2 Å². The van der Waals surface area contributed by atoms with Crippen LogP contribution in [-0.2, 0) is 4.74 Å². The number of aromatic nitrogens is 2. The van der Waals surface area contributed by atoms with Gasteiger partial charge < -0.3 is 20.1 Å². The van der Waals surface area contributed by atoms with Gasteiger partial charge in [-0.2, -0.15) is 0 Å². The smallest absolute Gasteiger partial charge is 0.225 e. The summed E-state index contributed by atoms with van der Waals surface area (Å²) in [7, 11) is 1.74. The molecule has 116 valence electrons. The van der Waals surface area contributed by atoms with Gasteiger partial charge in [0, 0.05) is 25.8 Å². The fourth-order valence-corrected chi connectivity index (χ4v) is 2.17. The minimum Gasteiger partial charge on any atom is -0.486 e. The highest BCUT2D eigenvalue weighted by Gasteiger charge is 2.20. The largest absolute Gasteiger partial charge is 0.486 e. The predicted octanol–water partition coefficient (Wildman–Crippen LogP) is 0.566. The molecule has 1 aliphatic heterocycles. The van der Waals surface area contributed by atoms with Gasteiger partial charge in [0.25, 0.3) is 0 Å². The summed E-state index contributed by atoms with van der Waals surface area (Å²) >= 11 is 0. The summed E-state index contributed by atoms with van der Waals surface area (Å²) in [6, 6.07) is 0. The Balaban J connectivity index is 1.87. The molecule has 0 aromatic carbocycles. The molecule has 0 atom stereocenters. The number of hydrogen-bond acceptors (Lipinski definition) is 5. The van der Waals surface area contributed by atoms with Crippen LogP contribution in [0, 0.1) is 0 Å². The monoisotopic (exact) mass is 297 g/mol. The van der Waals surface area contributed by atoms with E-state index in [1.54, 1.807) is 19.5 Å². The topological polar surface area (TPSA) is 75.1 Å². The van der Waals surface area contributed by atoms with Gasteiger partial charge in [-0.05, 0) is 12.8 Å². The van der Waals surface area contributed by atoms with Gasteiger partial charge in [-0.3, -0.25) is 0 Å². The van der Waals surface area contributed by atoms with E-state index in [1.807, 2.05) is 0 Å². The summed E-state index contributed by atoms with van der Waals surface area (Å²) in [5.41, 5.74) is 4.12. The summed E-state index contributed by atoms with van der Waals surface area (Å²) in [6.45, 7) is 2.32. The van der Waals surface area contributed by atoms with Crippen LogP contribution in [0.25, 0.3) is 0 Å². The van der Waals surface area contributed by atoms with Crippen LogP contribution in [0.3, 0.4) is 0 Å². The van der Waals surface area contributed by atoms with Gasteiger partial charge in [0.05, 0.1) is 24.8 Å². The van der Waals surface area contributed by atoms with E-state index in [4.69, 9.17) is 9.47 Å². The molecule has 1 saturated heterocycles. The molecule has 1 aromatic rings. The maximum absolute atomic E-state index is 12.4. The Morgan fingerprint density at radius 1 is 1.43 bits per heavy atom. The summed E-state index contributed by atoms with van der Waals surface area (Å²) in [4.78, 5) is 10.7. The zero-order chi connectivity index (χ0) is 15.1. The van der Waals surface area contributed by atoms with Crippen molar-refractivity contribution in [2.75, 3.05) is 38.3 Å². The summed E-state index contributed by atoms with van der Waals surface area (Å²) < 4.78 is 23.2. The van der Waals surface area contributed by atoms with E-state index in [1.165, 1.54) is 0 Å². The number of hydrogen-bond donors (Lipinski definition) is 1. The average molecular weight is 297 g/mol. The second kappa shape index (κ2) is 7.90. The third-order valence-corrected chi connectivity index (χ3v) is 3.57. The zero-order valence-corrected chi connectivity index (χ0v) is 12.3. The maximum Gasteiger partial charge on any atom is 0.225 e. The number of methoxy groups -OCH3 is 1. The lowest BCUT2D eigenvalue weighted by molar-refractivity contribution is -0.356. The first-order valence-corrected chi connectivity index (χ1v) is 7.06. The van der Waals surface area contributed by atoms with Crippen molar-refractivity contribution in [2.24, 2.45) is 0 Å². The third-order valence-electron chi connectivity index (χ3n) is 3.57. The van der Waals surface area contributed by atoms with Gasteiger partial charge in [-0.15, -0.1) is 0 Å². The first kappa shape index (κ1) is 15.7. The van der Waals surface area contributed by atoms with Gasteiger partial charge in [-0.25, -0.2) is 14.4 Å². The predicted molar refractivity (Wildman–Crippen MR) is 76.7 cm³/mol. The van der Waals surface area contributed by atoms with Crippen molar-refractivity contribution in [1.29, 1.82) is 0 Å². The molecule has 0 amide bonds. The molecule has 1 aliphatic rings. The minimum atomic E-state index is 0.169. The molecule has 0 spiro atoms. The second-order valence-corrected chi connectivity index (χ2v) is 4.95. The van der Waals surface area contributed by atoms with Crippen LogP contribution in [0.2, 0.25) is 0 Å². The number of halogens is 1. The van der Waals surface area contributed by atoms with Crippen molar-refractivity contribution in [3.8, 4) is 5.75 Å². The molecule has 0 bridgehead atoms. The second-order valence-electron chi connectivity index (χ2n) is 4.95. The number of quaternary nitrogens is 1. The summed E-state index contributed by atoms with van der Waals surface area (Å²) in [5.74, 6) is 1.22. The van der Waals surface area contributed by atoms with E-state index in [-0.39, 0.29) is 6.61 Å². The van der Waals surface area contributed by atoms with E-state index in [9.17, 15) is 4.39 Å². The van der Waals surface area contributed by atoms with Crippen molar-refractivity contribution < 1.29 is 19.6 Å². The maximum atomic E-state index is 12.4. The fraction of sp³-hybridized carbons (Fsp3) is 0.571. The van der Waals surface area contributed by atoms with Crippen molar-refractivity contribution in [1.82, 2.24) is 9.97 Å². The van der Waals surface area contributed by atoms with Crippen LogP contribution in [0.15, 0.2) is 24.3 Å². The number of nitrogens with zero attached hydrogens (tertiary/aromatic N) is 3. The van der Waals surface area contributed by atoms with Gasteiger partial charge >= 0.3 is 0 Å². The van der Waals surface area contributed by atoms with Crippen molar-refractivity contribution in [2.45, 2.75) is 18.9 Å². The van der Waals surface area contributed by atoms with E-state index in [0.717, 1.165) is 25.9 Å². The van der Waals surface area contributed by atoms with Crippen LogP contribution in [0.1, 0.15) is 12.8 Å². The molecule has 0 aliphatic carbocycles. The quantitative estimate of drug-likeness (QED) is 0.830. The van der Waals surface area contributed by atoms with Crippen LogP contribution < -0.4 is 15.4 Å². The van der Waals surface area contributed by atoms with Crippen molar-refractivity contribution in [3.05, 3.63) is 24.3 Å². The third kappa shape index (κ3) is 4.37. The molecule has 0 unspecified atom stereocenters. The van der Waals surface area contributed by atoms with Crippen LogP contribution >= 0.6 is 0 Å². The summed E-state index contributed by atoms with van der Waals surface area (Å²) in [6.07, 6.45) is 6.05. The first-order chi connectivity index (χ1) is 10.3. The lowest BCUT2D eigenvalue weighted by Crippen LogP contribution is -2.51. The lowest BCUT2D eigenvalue weighted by atomic mass is 10.1. The molecule has 2 rings (SSSR count). The van der Waals surface area contributed by atoms with E-state index < -0.39 is 0 Å². The number of piperidine rings is 1. The molecule has 1 aromatic heterocycles. The van der Waals surface area contributed by atoms with Crippen LogP contribution in [-0.4, -0.2) is 49.4 Å². The van der Waals surface area contributed by atoms with Crippen molar-refractivity contribution in [3.63, 3.8) is 0 Å². The van der Waals surface area contributed by atoms with Gasteiger partial charge in [0.2, 0.25) is 5.95 Å². The summed E-state index contributed by atoms with van der Waals surface area (Å²) in [5, 5.41) is 0.